The van der Waals surface area contributed by atoms with Crippen LogP contribution in [-0.4, -0.2) is 18.2 Å². The molecule has 1 amide bonds. The molecule has 0 aromatic heterocycles. The van der Waals surface area contributed by atoms with Gasteiger partial charge in [0.1, 0.15) is 0 Å². The topological polar surface area (TPSA) is 61.2 Å². The molecule has 0 N–H and O–H groups in total. The van der Waals surface area contributed by atoms with Gasteiger partial charge in [0.05, 0.1) is 17.3 Å². The quantitative estimate of drug-likeness (QED) is 0.619. The number of ketones is 1. The molecule has 2 rings (SSSR count). The predicted molar refractivity (Wildman–Crippen MR) is 67.6 cm³/mol. The van der Waals surface area contributed by atoms with Crippen molar-refractivity contribution in [3.05, 3.63) is 28.8 Å². The molecule has 92 valence electrons. The van der Waals surface area contributed by atoms with E-state index in [-0.39, 0.29) is 0 Å². The summed E-state index contributed by atoms with van der Waals surface area (Å²) < 4.78 is 0. The van der Waals surface area contributed by atoms with Gasteiger partial charge in [-0.1, -0.05) is 11.6 Å². The summed E-state index contributed by atoms with van der Waals surface area (Å²) in [5, 5.41) is 8.89. The molecular formula is C13H11ClN2O2. The Morgan fingerprint density at radius 2 is 2.06 bits per heavy atom. The van der Waals surface area contributed by atoms with Crippen LogP contribution in [0, 0.1) is 11.3 Å². The number of hydrogen-bond donors (Lipinski definition) is 0. The third-order valence-electron chi connectivity index (χ3n) is 2.85. The fraction of sp³-hybridized carbons (Fsp3) is 0.308. The Labute approximate surface area is 110 Å². The molecule has 1 aliphatic heterocycles. The molecule has 0 saturated heterocycles. The number of carbonyl (C=O) groups is 2. The minimum Gasteiger partial charge on any atom is -0.305 e. The van der Waals surface area contributed by atoms with Crippen molar-refractivity contribution < 1.29 is 9.59 Å². The Balaban J connectivity index is 2.16. The minimum absolute atomic E-state index is 0.368. The molecule has 1 heterocycles. The average Bonchev–Trinajstić information content (AvgIpc) is 2.59. The van der Waals surface area contributed by atoms with Gasteiger partial charge in [-0.15, -0.1) is 0 Å². The standard InChI is InChI=1S/C13H11ClN2O2/c14-9-4-5-11-10(8-9)12(17)13(18)16(11)7-3-1-2-6-15/h4-5,8H,1-3,7H2. The molecule has 4 nitrogen and oxygen atoms in total. The van der Waals surface area contributed by atoms with Crippen LogP contribution in [0.15, 0.2) is 18.2 Å². The lowest BCUT2D eigenvalue weighted by Gasteiger charge is -2.15. The fourth-order valence-electron chi connectivity index (χ4n) is 1.97. The van der Waals surface area contributed by atoms with E-state index in [1.54, 1.807) is 12.1 Å². The third-order valence-corrected chi connectivity index (χ3v) is 3.09. The molecule has 0 unspecified atom stereocenters. The number of benzene rings is 1. The Kier molecular flexibility index (Phi) is 3.63. The first-order valence-corrected chi connectivity index (χ1v) is 6.05. The van der Waals surface area contributed by atoms with Crippen LogP contribution in [0.4, 0.5) is 5.69 Å². The van der Waals surface area contributed by atoms with Gasteiger partial charge in [0.2, 0.25) is 0 Å². The highest BCUT2D eigenvalue weighted by molar-refractivity contribution is 6.52. The molecule has 0 bridgehead atoms. The lowest BCUT2D eigenvalue weighted by molar-refractivity contribution is -0.114. The summed E-state index contributed by atoms with van der Waals surface area (Å²) in [6.45, 7) is 0.459. The molecule has 0 fully saturated rings. The monoisotopic (exact) mass is 262 g/mol. The van der Waals surface area contributed by atoms with Gasteiger partial charge in [-0.2, -0.15) is 5.26 Å². The smallest absolute Gasteiger partial charge is 0.299 e. The van der Waals surface area contributed by atoms with Crippen LogP contribution in [0.2, 0.25) is 5.02 Å². The van der Waals surface area contributed by atoms with Crippen molar-refractivity contribution in [3.8, 4) is 6.07 Å². The molecule has 1 aromatic rings. The lowest BCUT2D eigenvalue weighted by Crippen LogP contribution is -2.30. The number of Topliss-reactive ketones (excluding diaryl/α,β-unsaturated/α-hetero) is 1. The maximum atomic E-state index is 11.8. The molecule has 1 aromatic carbocycles. The summed E-state index contributed by atoms with van der Waals surface area (Å²) in [7, 11) is 0. The van der Waals surface area contributed by atoms with Crippen molar-refractivity contribution >= 4 is 29.0 Å². The molecule has 0 aliphatic carbocycles. The second-order valence-corrected chi connectivity index (χ2v) is 4.50. The van der Waals surface area contributed by atoms with E-state index >= 15 is 0 Å². The van der Waals surface area contributed by atoms with E-state index in [4.69, 9.17) is 16.9 Å². The Hall–Kier alpha value is -1.86. The SMILES string of the molecule is N#CCCCCN1C(=O)C(=O)c2cc(Cl)ccc21. The average molecular weight is 263 g/mol. The minimum atomic E-state index is -0.510. The van der Waals surface area contributed by atoms with Gasteiger partial charge in [-0.25, -0.2) is 0 Å². The zero-order valence-corrected chi connectivity index (χ0v) is 10.4. The molecule has 0 spiro atoms. The number of nitrogens with zero attached hydrogens (tertiary/aromatic N) is 2. The fourth-order valence-corrected chi connectivity index (χ4v) is 2.14. The number of halogens is 1. The second kappa shape index (κ2) is 5.19. The summed E-state index contributed by atoms with van der Waals surface area (Å²) in [5.74, 6) is -1.02. The number of nitriles is 1. The summed E-state index contributed by atoms with van der Waals surface area (Å²) in [5.41, 5.74) is 0.985. The van der Waals surface area contributed by atoms with Crippen LogP contribution in [0.5, 0.6) is 0 Å². The molecule has 18 heavy (non-hydrogen) atoms. The maximum absolute atomic E-state index is 11.8. The Morgan fingerprint density at radius 3 is 2.78 bits per heavy atom. The van der Waals surface area contributed by atoms with Crippen LogP contribution in [0.3, 0.4) is 0 Å². The summed E-state index contributed by atoms with van der Waals surface area (Å²) in [4.78, 5) is 25.0. The number of carbonyl (C=O) groups excluding carboxylic acids is 2. The van der Waals surface area contributed by atoms with Gasteiger partial charge in [0.15, 0.2) is 0 Å². The third kappa shape index (κ3) is 2.22. The van der Waals surface area contributed by atoms with Gasteiger partial charge in [-0.05, 0) is 31.0 Å². The van der Waals surface area contributed by atoms with Crippen molar-refractivity contribution in [2.24, 2.45) is 0 Å². The van der Waals surface area contributed by atoms with Crippen LogP contribution in [-0.2, 0) is 4.79 Å². The van der Waals surface area contributed by atoms with Gasteiger partial charge >= 0.3 is 0 Å². The zero-order chi connectivity index (χ0) is 13.1. The molecule has 0 atom stereocenters. The summed E-state index contributed by atoms with van der Waals surface area (Å²) in [6, 6.07) is 6.92. The van der Waals surface area contributed by atoms with Gasteiger partial charge in [0.25, 0.3) is 11.7 Å². The number of anilines is 1. The first kappa shape index (κ1) is 12.6. The number of fused-ring (bicyclic) bond motifs is 1. The van der Waals surface area contributed by atoms with Crippen molar-refractivity contribution in [1.82, 2.24) is 0 Å². The van der Waals surface area contributed by atoms with Crippen molar-refractivity contribution in [2.75, 3.05) is 11.4 Å². The summed E-state index contributed by atoms with van der Waals surface area (Å²) >= 11 is 5.81. The highest BCUT2D eigenvalue weighted by Crippen LogP contribution is 2.31. The van der Waals surface area contributed by atoms with Crippen molar-refractivity contribution in [1.29, 1.82) is 5.26 Å². The van der Waals surface area contributed by atoms with Gasteiger partial charge < -0.3 is 4.90 Å². The first-order chi connectivity index (χ1) is 8.65. The number of rotatable bonds is 4. The lowest BCUT2D eigenvalue weighted by atomic mass is 10.1. The Morgan fingerprint density at radius 1 is 1.28 bits per heavy atom. The molecule has 5 heteroatoms. The number of hydrogen-bond acceptors (Lipinski definition) is 3. The van der Waals surface area contributed by atoms with E-state index < -0.39 is 11.7 Å². The first-order valence-electron chi connectivity index (χ1n) is 5.68. The van der Waals surface area contributed by atoms with Crippen molar-refractivity contribution in [3.63, 3.8) is 0 Å². The van der Waals surface area contributed by atoms with E-state index in [0.29, 0.717) is 35.7 Å². The number of unbranched alkanes of at least 4 members (excludes halogenated alkanes) is 2. The van der Waals surface area contributed by atoms with E-state index in [1.165, 1.54) is 11.0 Å². The molecular weight excluding hydrogens is 252 g/mol. The second-order valence-electron chi connectivity index (χ2n) is 4.06. The van der Waals surface area contributed by atoms with Crippen LogP contribution >= 0.6 is 11.6 Å². The van der Waals surface area contributed by atoms with Crippen LogP contribution < -0.4 is 4.90 Å². The van der Waals surface area contributed by atoms with E-state index in [1.807, 2.05) is 0 Å². The zero-order valence-electron chi connectivity index (χ0n) is 9.65. The van der Waals surface area contributed by atoms with E-state index in [9.17, 15) is 9.59 Å². The largest absolute Gasteiger partial charge is 0.305 e. The highest BCUT2D eigenvalue weighted by atomic mass is 35.5. The molecule has 0 radical (unpaired) electrons. The van der Waals surface area contributed by atoms with Gasteiger partial charge in [0, 0.05) is 18.0 Å². The van der Waals surface area contributed by atoms with Gasteiger partial charge in [-0.3, -0.25) is 9.59 Å². The molecule has 0 saturated carbocycles. The number of amides is 1. The van der Waals surface area contributed by atoms with E-state index in [0.717, 1.165) is 6.42 Å². The Bertz CT molecular complexity index is 548. The molecule has 1 aliphatic rings. The highest BCUT2D eigenvalue weighted by Gasteiger charge is 2.35. The summed E-state index contributed by atoms with van der Waals surface area (Å²) in [6.07, 6.45) is 1.88. The predicted octanol–water partition coefficient (Wildman–Crippen LogP) is 2.56. The van der Waals surface area contributed by atoms with E-state index in [2.05, 4.69) is 6.07 Å². The van der Waals surface area contributed by atoms with Crippen molar-refractivity contribution in [2.45, 2.75) is 19.3 Å². The van der Waals surface area contributed by atoms with Crippen LogP contribution in [0.25, 0.3) is 0 Å². The maximum Gasteiger partial charge on any atom is 0.299 e. The normalized spacial score (nSPS) is 13.7. The van der Waals surface area contributed by atoms with Crippen LogP contribution in [0.1, 0.15) is 29.6 Å².